The molecule has 0 saturated carbocycles. The number of piperidine rings is 1. The lowest BCUT2D eigenvalue weighted by atomic mass is 9.99. The Morgan fingerprint density at radius 2 is 1.85 bits per heavy atom. The molecular weight excluding hydrogens is 459 g/mol. The minimum Gasteiger partial charge on any atom is -0.308 e. The third-order valence-corrected chi connectivity index (χ3v) is 7.95. The first-order valence-corrected chi connectivity index (χ1v) is 12.4. The first kappa shape index (κ1) is 22.4. The molecule has 4 aromatic rings. The van der Waals surface area contributed by atoms with Gasteiger partial charge in [0.25, 0.3) is 5.56 Å². The number of nitrogens with zero attached hydrogens (tertiary/aromatic N) is 5. The summed E-state index contributed by atoms with van der Waals surface area (Å²) in [5, 5.41) is 8.10. The number of fused-ring (bicyclic) bond motifs is 1. The molecule has 1 N–H and O–H groups in total. The Hall–Kier alpha value is -3.44. The quantitative estimate of drug-likeness (QED) is 0.468. The molecule has 0 unspecified atom stereocenters. The van der Waals surface area contributed by atoms with E-state index in [1.165, 1.54) is 16.4 Å². The first-order chi connectivity index (χ1) is 16.3. The summed E-state index contributed by atoms with van der Waals surface area (Å²) in [5.41, 5.74) is 2.23. The number of halogens is 1. The average molecular weight is 483 g/mol. The van der Waals surface area contributed by atoms with Crippen LogP contribution in [0.4, 0.5) is 4.39 Å². The summed E-state index contributed by atoms with van der Waals surface area (Å²) in [6.07, 6.45) is 1.27. The molecule has 0 bridgehead atoms. The van der Waals surface area contributed by atoms with Gasteiger partial charge in [0.1, 0.15) is 11.6 Å². The highest BCUT2D eigenvalue weighted by Crippen LogP contribution is 2.29. The predicted molar refractivity (Wildman–Crippen MR) is 123 cm³/mol. The largest absolute Gasteiger partial charge is 0.308 e. The highest BCUT2D eigenvalue weighted by molar-refractivity contribution is 7.89. The second-order valence-corrected chi connectivity index (χ2v) is 10.5. The normalized spacial score (nSPS) is 17.3. The first-order valence-electron chi connectivity index (χ1n) is 11.0. The van der Waals surface area contributed by atoms with Gasteiger partial charge in [-0.1, -0.05) is 35.0 Å². The summed E-state index contributed by atoms with van der Waals surface area (Å²) in [5.74, 6) is -0.394. The van der Waals surface area contributed by atoms with Crippen molar-refractivity contribution in [3.05, 3.63) is 81.7 Å². The molecule has 1 atom stereocenters. The molecule has 0 radical (unpaired) electrons. The summed E-state index contributed by atoms with van der Waals surface area (Å²) >= 11 is 0. The van der Waals surface area contributed by atoms with Gasteiger partial charge in [-0.25, -0.2) is 22.5 Å². The molecule has 1 fully saturated rings. The third kappa shape index (κ3) is 4.24. The zero-order valence-electron chi connectivity index (χ0n) is 18.5. The van der Waals surface area contributed by atoms with E-state index in [9.17, 15) is 17.6 Å². The van der Waals surface area contributed by atoms with E-state index < -0.39 is 21.4 Å². The predicted octanol–water partition coefficient (Wildman–Crippen LogP) is 2.58. The number of aryl methyl sites for hydroxylation is 1. The summed E-state index contributed by atoms with van der Waals surface area (Å²) in [7, 11) is -3.80. The molecule has 5 rings (SSSR count). The van der Waals surface area contributed by atoms with Crippen molar-refractivity contribution in [3.8, 4) is 0 Å². The molecule has 34 heavy (non-hydrogen) atoms. The van der Waals surface area contributed by atoms with Crippen molar-refractivity contribution in [1.29, 1.82) is 0 Å². The van der Waals surface area contributed by atoms with Crippen molar-refractivity contribution >= 4 is 21.2 Å². The Morgan fingerprint density at radius 3 is 2.59 bits per heavy atom. The van der Waals surface area contributed by atoms with E-state index in [-0.39, 0.29) is 22.9 Å². The van der Waals surface area contributed by atoms with Crippen LogP contribution in [0.15, 0.2) is 58.2 Å². The van der Waals surface area contributed by atoms with Gasteiger partial charge in [-0.05, 0) is 49.6 Å². The maximum absolute atomic E-state index is 13.3. The summed E-state index contributed by atoms with van der Waals surface area (Å²) in [4.78, 5) is 20.2. The van der Waals surface area contributed by atoms with Gasteiger partial charge in [-0.3, -0.25) is 4.79 Å². The van der Waals surface area contributed by atoms with Gasteiger partial charge in [0.15, 0.2) is 11.2 Å². The Labute approximate surface area is 195 Å². The van der Waals surface area contributed by atoms with Gasteiger partial charge in [0.2, 0.25) is 10.0 Å². The number of sulfonamides is 1. The van der Waals surface area contributed by atoms with Crippen LogP contribution in [-0.2, 0) is 16.6 Å². The minimum atomic E-state index is -3.80. The average Bonchev–Trinajstić information content (AvgIpc) is 3.24. The monoisotopic (exact) mass is 482 g/mol. The molecule has 0 amide bonds. The lowest BCUT2D eigenvalue weighted by Crippen LogP contribution is -2.39. The molecule has 11 heteroatoms. The van der Waals surface area contributed by atoms with E-state index >= 15 is 0 Å². The number of H-pyrrole nitrogens is 1. The summed E-state index contributed by atoms with van der Waals surface area (Å²) < 4.78 is 42.4. The van der Waals surface area contributed by atoms with Gasteiger partial charge in [0, 0.05) is 19.0 Å². The maximum atomic E-state index is 13.3. The second-order valence-electron chi connectivity index (χ2n) is 8.51. The van der Waals surface area contributed by atoms with Crippen molar-refractivity contribution in [2.24, 2.45) is 0 Å². The van der Waals surface area contributed by atoms with Crippen LogP contribution in [0.3, 0.4) is 0 Å². The Morgan fingerprint density at radius 1 is 1.12 bits per heavy atom. The summed E-state index contributed by atoms with van der Waals surface area (Å²) in [6.45, 7) is 2.91. The topological polar surface area (TPSA) is 114 Å². The lowest BCUT2D eigenvalue weighted by Gasteiger charge is -2.31. The van der Waals surface area contributed by atoms with E-state index in [4.69, 9.17) is 0 Å². The van der Waals surface area contributed by atoms with Crippen LogP contribution in [-0.4, -0.2) is 50.8 Å². The molecular formula is C23H23FN6O3S. The van der Waals surface area contributed by atoms with Crippen LogP contribution >= 0.6 is 0 Å². The van der Waals surface area contributed by atoms with Crippen LogP contribution in [0.25, 0.3) is 11.2 Å². The Balaban J connectivity index is 1.44. The van der Waals surface area contributed by atoms with E-state index in [1.54, 1.807) is 4.68 Å². The molecule has 1 saturated heterocycles. The number of nitrogens with one attached hydrogen (secondary N) is 1. The lowest BCUT2D eigenvalue weighted by molar-refractivity contribution is 0.309. The molecule has 0 spiro atoms. The molecule has 1 aliphatic heterocycles. The molecule has 1 aliphatic rings. The molecule has 2 aromatic heterocycles. The molecule has 9 nitrogen and oxygen atoms in total. The summed E-state index contributed by atoms with van der Waals surface area (Å²) in [6, 6.07) is 12.7. The van der Waals surface area contributed by atoms with Crippen LogP contribution in [0.1, 0.15) is 35.7 Å². The van der Waals surface area contributed by atoms with Gasteiger partial charge < -0.3 is 4.98 Å². The third-order valence-electron chi connectivity index (χ3n) is 6.07. The van der Waals surface area contributed by atoms with Gasteiger partial charge in [-0.2, -0.15) is 4.31 Å². The van der Waals surface area contributed by atoms with Crippen LogP contribution in [0, 0.1) is 12.7 Å². The van der Waals surface area contributed by atoms with Crippen LogP contribution < -0.4 is 5.56 Å². The molecule has 0 aliphatic carbocycles. The highest BCUT2D eigenvalue weighted by Gasteiger charge is 2.32. The highest BCUT2D eigenvalue weighted by atomic mass is 32.2. The van der Waals surface area contributed by atoms with Crippen LogP contribution in [0.5, 0.6) is 0 Å². The van der Waals surface area contributed by atoms with Gasteiger partial charge in [0.05, 0.1) is 11.4 Å². The fourth-order valence-corrected chi connectivity index (χ4v) is 5.71. The van der Waals surface area contributed by atoms with Crippen LogP contribution in [0.2, 0.25) is 0 Å². The van der Waals surface area contributed by atoms with E-state index in [2.05, 4.69) is 20.3 Å². The number of hydrogen-bond acceptors (Lipinski definition) is 6. The standard InChI is InChI=1S/C23H23FN6O3S/c1-15-4-6-16(7-5-15)13-30-22-20(27-28-30)23(31)26-21(25-22)17-3-2-12-29(14-17)34(32,33)19-10-8-18(24)9-11-19/h4-11,17H,2-3,12-14H2,1H3,(H,25,26,31)/t17-/m0/s1. The van der Waals surface area contributed by atoms with Crippen molar-refractivity contribution in [2.75, 3.05) is 13.1 Å². The fourth-order valence-electron chi connectivity index (χ4n) is 4.19. The maximum Gasteiger partial charge on any atom is 0.281 e. The zero-order valence-corrected chi connectivity index (χ0v) is 19.3. The number of aromatic nitrogens is 5. The number of hydrogen-bond donors (Lipinski definition) is 1. The zero-order chi connectivity index (χ0) is 23.9. The second kappa shape index (κ2) is 8.73. The van der Waals surface area contributed by atoms with Crippen molar-refractivity contribution < 1.29 is 12.8 Å². The van der Waals surface area contributed by atoms with E-state index in [0.29, 0.717) is 37.4 Å². The molecule has 2 aromatic carbocycles. The molecule has 176 valence electrons. The Bertz CT molecular complexity index is 1500. The Kier molecular flexibility index (Phi) is 5.74. The van der Waals surface area contributed by atoms with Gasteiger partial charge in [-0.15, -0.1) is 5.10 Å². The van der Waals surface area contributed by atoms with Crippen molar-refractivity contribution in [1.82, 2.24) is 29.3 Å². The SMILES string of the molecule is Cc1ccc(Cn2nnc3c(=O)[nH]c([C@H]4CCCN(S(=O)(=O)c5ccc(F)cc5)C4)nc32)cc1. The van der Waals surface area contributed by atoms with Crippen molar-refractivity contribution in [2.45, 2.75) is 37.1 Å². The van der Waals surface area contributed by atoms with E-state index in [1.807, 2.05) is 31.2 Å². The number of benzene rings is 2. The fraction of sp³-hybridized carbons (Fsp3) is 0.304. The minimum absolute atomic E-state index is 0.0341. The van der Waals surface area contributed by atoms with Gasteiger partial charge >= 0.3 is 0 Å². The number of rotatable bonds is 5. The number of aromatic amines is 1. The molecule has 3 heterocycles. The van der Waals surface area contributed by atoms with Crippen molar-refractivity contribution in [3.63, 3.8) is 0 Å². The smallest absolute Gasteiger partial charge is 0.281 e. The van der Waals surface area contributed by atoms with E-state index in [0.717, 1.165) is 23.3 Å².